The summed E-state index contributed by atoms with van der Waals surface area (Å²) in [6, 6.07) is 3.02. The first-order valence-corrected chi connectivity index (χ1v) is 10.7. The summed E-state index contributed by atoms with van der Waals surface area (Å²) in [6.07, 6.45) is 0. The number of nitrogens with zero attached hydrogens (tertiary/aromatic N) is 1. The molecule has 0 aromatic heterocycles. The first kappa shape index (κ1) is 11.4. The lowest BCUT2D eigenvalue weighted by Gasteiger charge is -2.22. The molecule has 0 aliphatic heterocycles. The molecular formula is C8H23NSi2. The van der Waals surface area contributed by atoms with Gasteiger partial charge in [0.1, 0.15) is 8.96 Å². The third-order valence-electron chi connectivity index (χ3n) is 2.19. The molecular weight excluding hydrogens is 166 g/mol. The van der Waals surface area contributed by atoms with Gasteiger partial charge in [0.25, 0.3) is 0 Å². The third-order valence-corrected chi connectivity index (χ3v) is 7.45. The third kappa shape index (κ3) is 6.78. The monoisotopic (exact) mass is 189 g/mol. The lowest BCUT2D eigenvalue weighted by atomic mass is 10.9. The molecule has 0 rings (SSSR count). The van der Waals surface area contributed by atoms with Gasteiger partial charge in [-0.05, 0) is 20.1 Å². The van der Waals surface area contributed by atoms with Crippen LogP contribution in [-0.4, -0.2) is 35.7 Å². The van der Waals surface area contributed by atoms with Crippen LogP contribution in [0.1, 0.15) is 0 Å². The van der Waals surface area contributed by atoms with Crippen LogP contribution in [0.5, 0.6) is 0 Å². The van der Waals surface area contributed by atoms with Crippen molar-refractivity contribution in [3.63, 3.8) is 0 Å². The minimum absolute atomic E-state index is 0.507. The fourth-order valence-electron chi connectivity index (χ4n) is 0.900. The molecule has 1 nitrogen and oxygen atoms in total. The van der Waals surface area contributed by atoms with Gasteiger partial charge in [-0.2, -0.15) is 0 Å². The Hall–Kier alpha value is 0.394. The molecule has 0 bridgehead atoms. The molecule has 3 heteroatoms. The molecule has 0 amide bonds. The maximum Gasteiger partial charge on any atom is 0.107 e. The smallest absolute Gasteiger partial charge is 0.107 e. The molecule has 0 saturated heterocycles. The van der Waals surface area contributed by atoms with E-state index in [1.807, 2.05) is 0 Å². The second-order valence-electron chi connectivity index (χ2n) is 4.91. The van der Waals surface area contributed by atoms with Gasteiger partial charge >= 0.3 is 0 Å². The van der Waals surface area contributed by atoms with Gasteiger partial charge in [-0.1, -0.05) is 32.2 Å². The zero-order valence-electron chi connectivity index (χ0n) is 8.94. The second-order valence-corrected chi connectivity index (χ2v) is 13.8. The van der Waals surface area contributed by atoms with Crippen LogP contribution in [0, 0.1) is 0 Å². The summed E-state index contributed by atoms with van der Waals surface area (Å²) >= 11 is 0. The Labute approximate surface area is 74.5 Å². The van der Waals surface area contributed by atoms with Crippen molar-refractivity contribution >= 4 is 17.0 Å². The molecule has 0 N–H and O–H groups in total. The highest BCUT2D eigenvalue weighted by Gasteiger charge is 2.15. The van der Waals surface area contributed by atoms with Gasteiger partial charge in [0.2, 0.25) is 0 Å². The van der Waals surface area contributed by atoms with E-state index in [1.54, 1.807) is 0 Å². The quantitative estimate of drug-likeness (QED) is 0.613. The molecule has 0 saturated carbocycles. The summed E-state index contributed by atoms with van der Waals surface area (Å²) in [5.41, 5.74) is 0. The standard InChI is InChI=1S/C8H23NSi2/c1-9(2)10(3)7-8-11(4,5)6/h10H,7-8H2,1-6H3. The Balaban J connectivity index is 3.54. The minimum atomic E-state index is -0.758. The second kappa shape index (κ2) is 4.43. The zero-order chi connectivity index (χ0) is 9.07. The molecule has 0 radical (unpaired) electrons. The van der Waals surface area contributed by atoms with Crippen molar-refractivity contribution < 1.29 is 0 Å². The van der Waals surface area contributed by atoms with E-state index in [9.17, 15) is 0 Å². The summed E-state index contributed by atoms with van der Waals surface area (Å²) in [5.74, 6) is 0. The molecule has 68 valence electrons. The van der Waals surface area contributed by atoms with E-state index < -0.39 is 17.0 Å². The average Bonchev–Trinajstić information content (AvgIpc) is 1.80. The molecule has 0 fully saturated rings. The van der Waals surface area contributed by atoms with Gasteiger partial charge in [0, 0.05) is 8.07 Å². The molecule has 11 heavy (non-hydrogen) atoms. The van der Waals surface area contributed by atoms with Gasteiger partial charge < -0.3 is 4.57 Å². The SMILES string of the molecule is CN(C)[SiH](C)CC[Si](C)(C)C. The molecule has 0 aromatic carbocycles. The highest BCUT2D eigenvalue weighted by Crippen LogP contribution is 2.13. The Kier molecular flexibility index (Phi) is 4.59. The van der Waals surface area contributed by atoms with E-state index in [0.717, 1.165) is 0 Å². The van der Waals surface area contributed by atoms with Crippen LogP contribution in [0.3, 0.4) is 0 Å². The first-order valence-electron chi connectivity index (χ1n) is 4.49. The van der Waals surface area contributed by atoms with E-state index in [4.69, 9.17) is 0 Å². The van der Waals surface area contributed by atoms with Crippen LogP contribution in [0.25, 0.3) is 0 Å². The maximum absolute atomic E-state index is 2.46. The predicted octanol–water partition coefficient (Wildman–Crippen LogP) is 2.24. The van der Waals surface area contributed by atoms with Crippen LogP contribution < -0.4 is 0 Å². The number of hydrogen-bond acceptors (Lipinski definition) is 1. The van der Waals surface area contributed by atoms with E-state index >= 15 is 0 Å². The largest absolute Gasteiger partial charge is 0.332 e. The van der Waals surface area contributed by atoms with Gasteiger partial charge in [-0.25, -0.2) is 0 Å². The number of hydrogen-bond donors (Lipinski definition) is 0. The van der Waals surface area contributed by atoms with Crippen molar-refractivity contribution in [2.24, 2.45) is 0 Å². The van der Waals surface area contributed by atoms with Crippen molar-refractivity contribution in [1.82, 2.24) is 4.57 Å². The molecule has 0 aliphatic rings. The Morgan fingerprint density at radius 1 is 1.18 bits per heavy atom. The fourth-order valence-corrected chi connectivity index (χ4v) is 6.55. The van der Waals surface area contributed by atoms with Crippen molar-refractivity contribution in [1.29, 1.82) is 0 Å². The van der Waals surface area contributed by atoms with Crippen molar-refractivity contribution in [2.45, 2.75) is 38.3 Å². The van der Waals surface area contributed by atoms with Crippen molar-refractivity contribution in [2.75, 3.05) is 14.1 Å². The van der Waals surface area contributed by atoms with Gasteiger partial charge in [0.05, 0.1) is 0 Å². The zero-order valence-corrected chi connectivity index (χ0v) is 11.1. The topological polar surface area (TPSA) is 3.24 Å². The normalized spacial score (nSPS) is 15.5. The maximum atomic E-state index is 2.46. The lowest BCUT2D eigenvalue weighted by molar-refractivity contribution is 0.640. The van der Waals surface area contributed by atoms with Crippen LogP contribution in [-0.2, 0) is 0 Å². The summed E-state index contributed by atoms with van der Waals surface area (Å²) in [5, 5.41) is 0. The number of rotatable bonds is 4. The lowest BCUT2D eigenvalue weighted by Crippen LogP contribution is -2.32. The highest BCUT2D eigenvalue weighted by atomic mass is 28.3. The molecule has 1 atom stereocenters. The first-order chi connectivity index (χ1) is 4.83. The Morgan fingerprint density at radius 3 is 1.91 bits per heavy atom. The van der Waals surface area contributed by atoms with E-state index in [2.05, 4.69) is 44.8 Å². The van der Waals surface area contributed by atoms with E-state index in [1.165, 1.54) is 12.1 Å². The van der Waals surface area contributed by atoms with Crippen LogP contribution in [0.15, 0.2) is 0 Å². The van der Waals surface area contributed by atoms with E-state index in [0.29, 0.717) is 0 Å². The summed E-state index contributed by atoms with van der Waals surface area (Å²) < 4.78 is 2.44. The van der Waals surface area contributed by atoms with Crippen LogP contribution >= 0.6 is 0 Å². The summed E-state index contributed by atoms with van der Waals surface area (Å²) in [7, 11) is 3.18. The van der Waals surface area contributed by atoms with Crippen LogP contribution in [0.4, 0.5) is 0 Å². The Morgan fingerprint density at radius 2 is 1.64 bits per heavy atom. The van der Waals surface area contributed by atoms with Crippen molar-refractivity contribution in [3.8, 4) is 0 Å². The summed E-state index contributed by atoms with van der Waals surface area (Å²) in [6.45, 7) is 9.83. The predicted molar refractivity (Wildman–Crippen MR) is 59.7 cm³/mol. The fraction of sp³-hybridized carbons (Fsp3) is 1.00. The summed E-state index contributed by atoms with van der Waals surface area (Å²) in [4.78, 5) is 0. The average molecular weight is 189 g/mol. The van der Waals surface area contributed by atoms with E-state index in [-0.39, 0.29) is 0 Å². The molecule has 0 spiro atoms. The molecule has 1 unspecified atom stereocenters. The minimum Gasteiger partial charge on any atom is -0.332 e. The van der Waals surface area contributed by atoms with Gasteiger partial charge in [-0.15, -0.1) is 0 Å². The highest BCUT2D eigenvalue weighted by molar-refractivity contribution is 6.77. The molecule has 0 aliphatic carbocycles. The molecule has 0 heterocycles. The Bertz CT molecular complexity index is 107. The molecule has 0 aromatic rings. The van der Waals surface area contributed by atoms with Crippen molar-refractivity contribution in [3.05, 3.63) is 0 Å². The van der Waals surface area contributed by atoms with Gasteiger partial charge in [-0.3, -0.25) is 0 Å². The van der Waals surface area contributed by atoms with Crippen LogP contribution in [0.2, 0.25) is 38.3 Å². The van der Waals surface area contributed by atoms with Gasteiger partial charge in [0.15, 0.2) is 0 Å².